The Morgan fingerprint density at radius 1 is 1.38 bits per heavy atom. The van der Waals surface area contributed by atoms with E-state index in [0.717, 1.165) is 31.6 Å². The third-order valence-corrected chi connectivity index (χ3v) is 4.41. The van der Waals surface area contributed by atoms with Gasteiger partial charge in [-0.2, -0.15) is 0 Å². The van der Waals surface area contributed by atoms with Crippen molar-refractivity contribution in [3.8, 4) is 0 Å². The smallest absolute Gasteiger partial charge is 0.252 e. The molecule has 1 saturated heterocycles. The molecule has 21 heavy (non-hydrogen) atoms. The highest BCUT2D eigenvalue weighted by Crippen LogP contribution is 2.23. The van der Waals surface area contributed by atoms with Gasteiger partial charge in [0.1, 0.15) is 0 Å². The van der Waals surface area contributed by atoms with Crippen LogP contribution in [0.15, 0.2) is 18.2 Å². The molecule has 0 aliphatic carbocycles. The van der Waals surface area contributed by atoms with Crippen LogP contribution in [-0.2, 0) is 0 Å². The van der Waals surface area contributed by atoms with Crippen molar-refractivity contribution >= 4 is 23.2 Å². The number of carbonyl (C=O) groups is 1. The number of carbonyl (C=O) groups excluding carboxylic acids is 1. The van der Waals surface area contributed by atoms with Crippen LogP contribution in [0.2, 0.25) is 5.02 Å². The van der Waals surface area contributed by atoms with E-state index in [1.165, 1.54) is 13.0 Å². The topological polar surface area (TPSA) is 44.4 Å². The fourth-order valence-corrected chi connectivity index (χ4v) is 2.98. The molecule has 4 nitrogen and oxygen atoms in total. The Bertz CT molecular complexity index is 492. The predicted molar refractivity (Wildman–Crippen MR) is 88.2 cm³/mol. The Morgan fingerprint density at radius 3 is 2.90 bits per heavy atom. The van der Waals surface area contributed by atoms with Gasteiger partial charge in [0.2, 0.25) is 0 Å². The average molecular weight is 310 g/mol. The van der Waals surface area contributed by atoms with Crippen molar-refractivity contribution in [2.45, 2.75) is 32.2 Å². The summed E-state index contributed by atoms with van der Waals surface area (Å²) in [7, 11) is 1.61. The highest BCUT2D eigenvalue weighted by molar-refractivity contribution is 6.34. The van der Waals surface area contributed by atoms with Gasteiger partial charge in [0.05, 0.1) is 10.6 Å². The highest BCUT2D eigenvalue weighted by atomic mass is 35.5. The van der Waals surface area contributed by atoms with E-state index in [1.807, 2.05) is 12.1 Å². The quantitative estimate of drug-likeness (QED) is 0.898. The van der Waals surface area contributed by atoms with Crippen LogP contribution in [0.1, 0.15) is 36.5 Å². The summed E-state index contributed by atoms with van der Waals surface area (Å²) in [4.78, 5) is 14.3. The summed E-state index contributed by atoms with van der Waals surface area (Å²) in [5.74, 6) is -0.151. The lowest BCUT2D eigenvalue weighted by molar-refractivity contribution is 0.0963. The van der Waals surface area contributed by atoms with Gasteiger partial charge in [0, 0.05) is 25.3 Å². The van der Waals surface area contributed by atoms with E-state index >= 15 is 0 Å². The van der Waals surface area contributed by atoms with Crippen molar-refractivity contribution < 1.29 is 4.79 Å². The van der Waals surface area contributed by atoms with E-state index in [4.69, 9.17) is 11.6 Å². The lowest BCUT2D eigenvalue weighted by Gasteiger charge is -2.19. The molecular formula is C16H24ClN3O. The molecule has 5 heteroatoms. The van der Waals surface area contributed by atoms with Gasteiger partial charge in [-0.15, -0.1) is 0 Å². The summed E-state index contributed by atoms with van der Waals surface area (Å²) in [5.41, 5.74) is 1.49. The molecule has 1 atom stereocenters. The first-order chi connectivity index (χ1) is 10.1. The fraction of sp³-hybridized carbons (Fsp3) is 0.562. The number of anilines is 1. The zero-order chi connectivity index (χ0) is 15.2. The summed E-state index contributed by atoms with van der Waals surface area (Å²) in [6, 6.07) is 6.02. The molecule has 0 aromatic heterocycles. The Hall–Kier alpha value is -1.26. The normalized spacial score (nSPS) is 19.9. The molecule has 2 rings (SSSR count). The second-order valence-corrected chi connectivity index (χ2v) is 5.89. The maximum absolute atomic E-state index is 11.8. The number of hydrogen-bond donors (Lipinski definition) is 2. The minimum atomic E-state index is -0.151. The van der Waals surface area contributed by atoms with Crippen LogP contribution in [0, 0.1) is 0 Å². The first-order valence-electron chi connectivity index (χ1n) is 7.64. The molecule has 0 saturated carbocycles. The molecular weight excluding hydrogens is 286 g/mol. The van der Waals surface area contributed by atoms with E-state index in [9.17, 15) is 4.79 Å². The van der Waals surface area contributed by atoms with Gasteiger partial charge in [-0.3, -0.25) is 4.79 Å². The summed E-state index contributed by atoms with van der Waals surface area (Å²) in [6.07, 6.45) is 3.50. The van der Waals surface area contributed by atoms with Crippen molar-refractivity contribution in [2.75, 3.05) is 32.0 Å². The van der Waals surface area contributed by atoms with Crippen LogP contribution in [0.25, 0.3) is 0 Å². The number of amides is 1. The fourth-order valence-electron chi connectivity index (χ4n) is 2.78. The molecule has 2 N–H and O–H groups in total. The van der Waals surface area contributed by atoms with Crippen LogP contribution < -0.4 is 10.6 Å². The third kappa shape index (κ3) is 4.35. The molecule has 1 aliphatic rings. The number of likely N-dealkylation sites (tertiary alicyclic amines) is 1. The molecule has 1 fully saturated rings. The summed E-state index contributed by atoms with van der Waals surface area (Å²) >= 11 is 6.08. The molecule has 0 spiro atoms. The largest absolute Gasteiger partial charge is 0.382 e. The Labute approximate surface area is 131 Å². The van der Waals surface area contributed by atoms with Crippen molar-refractivity contribution in [1.82, 2.24) is 10.2 Å². The SMILES string of the molecule is CCN1CCCC(Nc2ccc(Cl)c(C(=O)NC)c2)CC1. The summed E-state index contributed by atoms with van der Waals surface area (Å²) in [6.45, 7) is 5.64. The minimum Gasteiger partial charge on any atom is -0.382 e. The first-order valence-corrected chi connectivity index (χ1v) is 8.02. The van der Waals surface area contributed by atoms with E-state index in [2.05, 4.69) is 22.5 Å². The number of nitrogens with one attached hydrogen (secondary N) is 2. The zero-order valence-corrected chi connectivity index (χ0v) is 13.5. The third-order valence-electron chi connectivity index (χ3n) is 4.08. The molecule has 1 aromatic rings. The lowest BCUT2D eigenvalue weighted by atomic mass is 10.1. The maximum atomic E-state index is 11.8. The van der Waals surface area contributed by atoms with Gasteiger partial charge in [-0.05, 0) is 50.6 Å². The lowest BCUT2D eigenvalue weighted by Crippen LogP contribution is -2.26. The van der Waals surface area contributed by atoms with E-state index in [0.29, 0.717) is 16.6 Å². The van der Waals surface area contributed by atoms with Gasteiger partial charge in [0.25, 0.3) is 5.91 Å². The van der Waals surface area contributed by atoms with Crippen LogP contribution in [0.5, 0.6) is 0 Å². The Morgan fingerprint density at radius 2 is 2.19 bits per heavy atom. The van der Waals surface area contributed by atoms with Crippen LogP contribution in [0.4, 0.5) is 5.69 Å². The van der Waals surface area contributed by atoms with Gasteiger partial charge >= 0.3 is 0 Å². The molecule has 1 unspecified atom stereocenters. The number of halogens is 1. The van der Waals surface area contributed by atoms with E-state index < -0.39 is 0 Å². The molecule has 0 bridgehead atoms. The second-order valence-electron chi connectivity index (χ2n) is 5.48. The molecule has 1 aliphatic heterocycles. The molecule has 1 aromatic carbocycles. The maximum Gasteiger partial charge on any atom is 0.252 e. The molecule has 0 radical (unpaired) electrons. The van der Waals surface area contributed by atoms with E-state index in [1.54, 1.807) is 13.1 Å². The standard InChI is InChI=1S/C16H24ClN3O/c1-3-20-9-4-5-12(8-10-20)19-13-6-7-15(17)14(11-13)16(21)18-2/h6-7,11-12,19H,3-5,8-10H2,1-2H3,(H,18,21). The van der Waals surface area contributed by atoms with Gasteiger partial charge < -0.3 is 15.5 Å². The number of rotatable bonds is 4. The Balaban J connectivity index is 2.04. The van der Waals surface area contributed by atoms with Gasteiger partial charge in [-0.25, -0.2) is 0 Å². The molecule has 116 valence electrons. The summed E-state index contributed by atoms with van der Waals surface area (Å²) in [5, 5.41) is 6.65. The second kappa shape index (κ2) is 7.66. The number of hydrogen-bond acceptors (Lipinski definition) is 3. The van der Waals surface area contributed by atoms with Crippen molar-refractivity contribution in [3.63, 3.8) is 0 Å². The molecule has 1 amide bonds. The van der Waals surface area contributed by atoms with Crippen LogP contribution in [0.3, 0.4) is 0 Å². The van der Waals surface area contributed by atoms with Crippen molar-refractivity contribution in [1.29, 1.82) is 0 Å². The van der Waals surface area contributed by atoms with Crippen molar-refractivity contribution in [3.05, 3.63) is 28.8 Å². The average Bonchev–Trinajstić information content (AvgIpc) is 2.73. The monoisotopic (exact) mass is 309 g/mol. The van der Waals surface area contributed by atoms with E-state index in [-0.39, 0.29) is 5.91 Å². The first kappa shape index (κ1) is 16.1. The predicted octanol–water partition coefficient (Wildman–Crippen LogP) is 2.99. The van der Waals surface area contributed by atoms with Gasteiger partial charge in [-0.1, -0.05) is 18.5 Å². The van der Waals surface area contributed by atoms with Crippen molar-refractivity contribution in [2.24, 2.45) is 0 Å². The highest BCUT2D eigenvalue weighted by Gasteiger charge is 2.17. The molecule has 1 heterocycles. The number of benzene rings is 1. The summed E-state index contributed by atoms with van der Waals surface area (Å²) < 4.78 is 0. The minimum absolute atomic E-state index is 0.151. The Kier molecular flexibility index (Phi) is 5.88. The zero-order valence-electron chi connectivity index (χ0n) is 12.8. The number of nitrogens with zero attached hydrogens (tertiary/aromatic N) is 1. The van der Waals surface area contributed by atoms with Crippen LogP contribution >= 0.6 is 11.6 Å². The van der Waals surface area contributed by atoms with Crippen LogP contribution in [-0.4, -0.2) is 43.5 Å². The van der Waals surface area contributed by atoms with Gasteiger partial charge in [0.15, 0.2) is 0 Å².